The topological polar surface area (TPSA) is 23.6 Å². The van der Waals surface area contributed by atoms with Crippen LogP contribution in [0.2, 0.25) is 5.02 Å². The average Bonchev–Trinajstić information content (AvgIpc) is 3.01. The summed E-state index contributed by atoms with van der Waals surface area (Å²) in [6.45, 7) is 5.18. The van der Waals surface area contributed by atoms with Crippen molar-refractivity contribution in [1.82, 2.24) is 9.80 Å². The van der Waals surface area contributed by atoms with E-state index in [0.717, 1.165) is 17.0 Å². The highest BCUT2D eigenvalue weighted by molar-refractivity contribution is 6.31. The lowest BCUT2D eigenvalue weighted by molar-refractivity contribution is -0.130. The van der Waals surface area contributed by atoms with Crippen LogP contribution in [-0.4, -0.2) is 41.9 Å². The van der Waals surface area contributed by atoms with E-state index in [0.29, 0.717) is 19.0 Å². The number of likely N-dealkylation sites (tertiary alicyclic amines) is 1. The molecule has 1 aliphatic rings. The molecule has 0 N–H and O–H groups in total. The quantitative estimate of drug-likeness (QED) is 0.802. The van der Waals surface area contributed by atoms with E-state index in [4.69, 9.17) is 11.6 Å². The van der Waals surface area contributed by atoms with Crippen molar-refractivity contribution in [2.75, 3.05) is 20.1 Å². The second-order valence-electron chi connectivity index (χ2n) is 5.97. The molecule has 1 aliphatic heterocycles. The molecular formula is C17H25ClN2O. The number of hydrogen-bond donors (Lipinski definition) is 0. The van der Waals surface area contributed by atoms with Crippen molar-refractivity contribution in [3.05, 3.63) is 34.9 Å². The molecule has 0 aliphatic carbocycles. The van der Waals surface area contributed by atoms with Gasteiger partial charge in [-0.15, -0.1) is 0 Å². The molecule has 116 valence electrons. The zero-order chi connectivity index (χ0) is 15.2. The van der Waals surface area contributed by atoms with Crippen molar-refractivity contribution in [2.24, 2.45) is 0 Å². The normalized spacial score (nSPS) is 16.9. The lowest BCUT2D eigenvalue weighted by Crippen LogP contribution is -2.32. The summed E-state index contributed by atoms with van der Waals surface area (Å²) >= 11 is 6.14. The van der Waals surface area contributed by atoms with Gasteiger partial charge in [0.15, 0.2) is 0 Å². The standard InChI is InChI=1S/C17H25ClN2O/c1-14(20-11-5-6-12-20)9-10-17(21)19(2)13-15-7-3-4-8-16(15)18/h3-4,7-8,14H,5-6,9-13H2,1-2H3/t14-/m1/s1. The lowest BCUT2D eigenvalue weighted by atomic mass is 10.1. The summed E-state index contributed by atoms with van der Waals surface area (Å²) in [5.41, 5.74) is 1.00. The van der Waals surface area contributed by atoms with Gasteiger partial charge in [-0.05, 0) is 50.9 Å². The summed E-state index contributed by atoms with van der Waals surface area (Å²) in [5.74, 6) is 0.195. The Morgan fingerprint density at radius 1 is 1.33 bits per heavy atom. The van der Waals surface area contributed by atoms with Gasteiger partial charge in [0, 0.05) is 31.1 Å². The molecule has 3 nitrogen and oxygen atoms in total. The predicted molar refractivity (Wildman–Crippen MR) is 87.4 cm³/mol. The first kappa shape index (κ1) is 16.3. The molecule has 1 aromatic carbocycles. The summed E-state index contributed by atoms with van der Waals surface area (Å²) in [6, 6.07) is 8.20. The third kappa shape index (κ3) is 4.72. The fraction of sp³-hybridized carbons (Fsp3) is 0.588. The van der Waals surface area contributed by atoms with Crippen LogP contribution < -0.4 is 0 Å². The van der Waals surface area contributed by atoms with E-state index in [1.165, 1.54) is 25.9 Å². The summed E-state index contributed by atoms with van der Waals surface area (Å²) in [7, 11) is 1.85. The van der Waals surface area contributed by atoms with E-state index >= 15 is 0 Å². The second-order valence-corrected chi connectivity index (χ2v) is 6.38. The number of hydrogen-bond acceptors (Lipinski definition) is 2. The van der Waals surface area contributed by atoms with Gasteiger partial charge in [0.2, 0.25) is 5.91 Å². The lowest BCUT2D eigenvalue weighted by Gasteiger charge is -2.24. The van der Waals surface area contributed by atoms with Crippen molar-refractivity contribution in [2.45, 2.75) is 45.2 Å². The van der Waals surface area contributed by atoms with Crippen molar-refractivity contribution < 1.29 is 4.79 Å². The number of carbonyl (C=O) groups excluding carboxylic acids is 1. The van der Waals surface area contributed by atoms with Crippen molar-refractivity contribution in [3.8, 4) is 0 Å². The van der Waals surface area contributed by atoms with Gasteiger partial charge in [-0.2, -0.15) is 0 Å². The van der Waals surface area contributed by atoms with Crippen LogP contribution in [0.15, 0.2) is 24.3 Å². The minimum Gasteiger partial charge on any atom is -0.341 e. The molecule has 0 saturated carbocycles. The third-order valence-electron chi connectivity index (χ3n) is 4.33. The Kier molecular flexibility index (Phi) is 6.07. The van der Waals surface area contributed by atoms with E-state index in [1.54, 1.807) is 4.90 Å². The highest BCUT2D eigenvalue weighted by Gasteiger charge is 2.19. The second kappa shape index (κ2) is 7.81. The van der Waals surface area contributed by atoms with Crippen LogP contribution in [0.5, 0.6) is 0 Å². The zero-order valence-electron chi connectivity index (χ0n) is 13.0. The fourth-order valence-electron chi connectivity index (χ4n) is 2.86. The molecule has 1 saturated heterocycles. The first-order chi connectivity index (χ1) is 10.1. The van der Waals surface area contributed by atoms with Gasteiger partial charge >= 0.3 is 0 Å². The number of amides is 1. The molecule has 1 amide bonds. The summed E-state index contributed by atoms with van der Waals surface area (Å²) < 4.78 is 0. The van der Waals surface area contributed by atoms with Crippen molar-refractivity contribution in [3.63, 3.8) is 0 Å². The van der Waals surface area contributed by atoms with Gasteiger partial charge < -0.3 is 9.80 Å². The van der Waals surface area contributed by atoms with Crippen molar-refractivity contribution in [1.29, 1.82) is 0 Å². The Bertz CT molecular complexity index is 472. The van der Waals surface area contributed by atoms with Crippen molar-refractivity contribution >= 4 is 17.5 Å². The molecule has 1 aromatic rings. The molecule has 1 atom stereocenters. The fourth-order valence-corrected chi connectivity index (χ4v) is 3.05. The molecule has 1 heterocycles. The minimum atomic E-state index is 0.195. The Morgan fingerprint density at radius 2 is 2.00 bits per heavy atom. The molecule has 0 radical (unpaired) electrons. The Labute approximate surface area is 132 Å². The van der Waals surface area contributed by atoms with E-state index in [1.807, 2.05) is 31.3 Å². The van der Waals surface area contributed by atoms with Crippen LogP contribution in [0.1, 0.15) is 38.2 Å². The van der Waals surface area contributed by atoms with Crippen LogP contribution in [0.25, 0.3) is 0 Å². The molecule has 0 aromatic heterocycles. The van der Waals surface area contributed by atoms with E-state index in [9.17, 15) is 4.79 Å². The molecule has 0 unspecified atom stereocenters. The molecule has 4 heteroatoms. The SMILES string of the molecule is C[C@H](CCC(=O)N(C)Cc1ccccc1Cl)N1CCCC1. The van der Waals surface area contributed by atoms with Gasteiger partial charge in [-0.3, -0.25) is 4.79 Å². The molecule has 1 fully saturated rings. The number of nitrogens with zero attached hydrogens (tertiary/aromatic N) is 2. The highest BCUT2D eigenvalue weighted by atomic mass is 35.5. The largest absolute Gasteiger partial charge is 0.341 e. The van der Waals surface area contributed by atoms with E-state index < -0.39 is 0 Å². The highest BCUT2D eigenvalue weighted by Crippen LogP contribution is 2.18. The minimum absolute atomic E-state index is 0.195. The van der Waals surface area contributed by atoms with Crippen LogP contribution in [-0.2, 0) is 11.3 Å². The molecule has 0 spiro atoms. The maximum Gasteiger partial charge on any atom is 0.222 e. The van der Waals surface area contributed by atoms with Gasteiger partial charge in [0.05, 0.1) is 0 Å². The summed E-state index contributed by atoms with van der Waals surface area (Å²) in [6.07, 6.45) is 4.14. The Morgan fingerprint density at radius 3 is 2.67 bits per heavy atom. The number of rotatable bonds is 6. The molecule has 2 rings (SSSR count). The number of halogens is 1. The van der Waals surface area contributed by atoms with E-state index in [2.05, 4.69) is 11.8 Å². The van der Waals surface area contributed by atoms with Crippen LogP contribution in [0.3, 0.4) is 0 Å². The smallest absolute Gasteiger partial charge is 0.222 e. The Balaban J connectivity index is 1.78. The van der Waals surface area contributed by atoms with Gasteiger partial charge in [-0.25, -0.2) is 0 Å². The molecule has 0 bridgehead atoms. The third-order valence-corrected chi connectivity index (χ3v) is 4.70. The average molecular weight is 309 g/mol. The van der Waals surface area contributed by atoms with Gasteiger partial charge in [0.1, 0.15) is 0 Å². The van der Waals surface area contributed by atoms with Gasteiger partial charge in [-0.1, -0.05) is 29.8 Å². The first-order valence-corrected chi connectivity index (χ1v) is 8.17. The van der Waals surface area contributed by atoms with Crippen LogP contribution in [0.4, 0.5) is 0 Å². The first-order valence-electron chi connectivity index (χ1n) is 7.79. The zero-order valence-corrected chi connectivity index (χ0v) is 13.8. The molecule has 21 heavy (non-hydrogen) atoms. The maximum absolute atomic E-state index is 12.2. The summed E-state index contributed by atoms with van der Waals surface area (Å²) in [5, 5.41) is 0.725. The maximum atomic E-state index is 12.2. The number of carbonyl (C=O) groups is 1. The Hall–Kier alpha value is -1.06. The van der Waals surface area contributed by atoms with Gasteiger partial charge in [0.25, 0.3) is 0 Å². The van der Waals surface area contributed by atoms with Crippen LogP contribution >= 0.6 is 11.6 Å². The number of benzene rings is 1. The monoisotopic (exact) mass is 308 g/mol. The molecular weight excluding hydrogens is 284 g/mol. The van der Waals surface area contributed by atoms with E-state index in [-0.39, 0.29) is 5.91 Å². The predicted octanol–water partition coefficient (Wildman–Crippen LogP) is 3.56. The van der Waals surface area contributed by atoms with Crippen LogP contribution in [0, 0.1) is 0 Å². The summed E-state index contributed by atoms with van der Waals surface area (Å²) in [4.78, 5) is 16.5.